The van der Waals surface area contributed by atoms with E-state index in [2.05, 4.69) is 0 Å². The first kappa shape index (κ1) is 9.00. The molecule has 0 aromatic rings. The number of ether oxygens (including phenoxy) is 1. The van der Waals surface area contributed by atoms with Crippen molar-refractivity contribution in [1.29, 1.82) is 0 Å². The zero-order chi connectivity index (χ0) is 9.26. The van der Waals surface area contributed by atoms with Gasteiger partial charge < -0.3 is 10.5 Å². The van der Waals surface area contributed by atoms with E-state index in [0.29, 0.717) is 0 Å². The molecule has 0 radical (unpaired) electrons. The van der Waals surface area contributed by atoms with Crippen molar-refractivity contribution in [2.24, 2.45) is 11.7 Å². The summed E-state index contributed by atoms with van der Waals surface area (Å²) in [6, 6.07) is 0.0871. The standard InChI is InChI=1S/C10H17NO2/c11-8-5-2-6-9(8)13-10(12)7-3-1-4-7/h7-9H,1-6,11H2/t8-,9-/m1/s1. The molecular weight excluding hydrogens is 166 g/mol. The fourth-order valence-electron chi connectivity index (χ4n) is 1.99. The van der Waals surface area contributed by atoms with Crippen molar-refractivity contribution in [1.82, 2.24) is 0 Å². The van der Waals surface area contributed by atoms with Gasteiger partial charge in [0.1, 0.15) is 6.10 Å². The highest BCUT2D eigenvalue weighted by atomic mass is 16.5. The highest BCUT2D eigenvalue weighted by Crippen LogP contribution is 2.29. The van der Waals surface area contributed by atoms with Crippen LogP contribution in [0.15, 0.2) is 0 Å². The monoisotopic (exact) mass is 183 g/mol. The van der Waals surface area contributed by atoms with Crippen LogP contribution in [0.4, 0.5) is 0 Å². The first-order valence-electron chi connectivity index (χ1n) is 5.23. The zero-order valence-corrected chi connectivity index (χ0v) is 7.87. The van der Waals surface area contributed by atoms with Gasteiger partial charge in [0.2, 0.25) is 0 Å². The van der Waals surface area contributed by atoms with E-state index in [-0.39, 0.29) is 24.0 Å². The Morgan fingerprint density at radius 1 is 1.15 bits per heavy atom. The van der Waals surface area contributed by atoms with Gasteiger partial charge in [-0.2, -0.15) is 0 Å². The van der Waals surface area contributed by atoms with Crippen LogP contribution in [-0.4, -0.2) is 18.1 Å². The molecule has 2 N–H and O–H groups in total. The number of nitrogens with two attached hydrogens (primary N) is 1. The van der Waals surface area contributed by atoms with Crippen molar-refractivity contribution in [3.05, 3.63) is 0 Å². The minimum absolute atomic E-state index is 0.00593. The number of rotatable bonds is 2. The molecule has 2 aliphatic rings. The van der Waals surface area contributed by atoms with Crippen LogP contribution in [-0.2, 0) is 9.53 Å². The fourth-order valence-corrected chi connectivity index (χ4v) is 1.99. The molecule has 2 saturated carbocycles. The van der Waals surface area contributed by atoms with E-state index in [0.717, 1.165) is 32.1 Å². The Balaban J connectivity index is 1.79. The average molecular weight is 183 g/mol. The molecule has 0 unspecified atom stereocenters. The van der Waals surface area contributed by atoms with Crippen molar-refractivity contribution >= 4 is 5.97 Å². The van der Waals surface area contributed by atoms with Crippen molar-refractivity contribution in [3.8, 4) is 0 Å². The van der Waals surface area contributed by atoms with E-state index in [1.165, 1.54) is 6.42 Å². The lowest BCUT2D eigenvalue weighted by Crippen LogP contribution is -2.36. The van der Waals surface area contributed by atoms with E-state index < -0.39 is 0 Å². The number of carbonyl (C=O) groups excluding carboxylic acids is 1. The molecule has 0 bridgehead atoms. The Bertz CT molecular complexity index is 201. The maximum absolute atomic E-state index is 11.4. The van der Waals surface area contributed by atoms with Crippen LogP contribution in [0.25, 0.3) is 0 Å². The summed E-state index contributed by atoms with van der Waals surface area (Å²) in [4.78, 5) is 11.4. The van der Waals surface area contributed by atoms with Crippen LogP contribution in [0.2, 0.25) is 0 Å². The lowest BCUT2D eigenvalue weighted by atomic mass is 9.85. The predicted molar refractivity (Wildman–Crippen MR) is 49.0 cm³/mol. The maximum Gasteiger partial charge on any atom is 0.309 e. The molecule has 0 spiro atoms. The molecule has 13 heavy (non-hydrogen) atoms. The van der Waals surface area contributed by atoms with Crippen molar-refractivity contribution in [3.63, 3.8) is 0 Å². The topological polar surface area (TPSA) is 52.3 Å². The molecule has 0 aromatic heterocycles. The third-order valence-electron chi connectivity index (χ3n) is 3.21. The third kappa shape index (κ3) is 1.85. The van der Waals surface area contributed by atoms with E-state index in [4.69, 9.17) is 10.5 Å². The molecule has 3 nitrogen and oxygen atoms in total. The van der Waals surface area contributed by atoms with Gasteiger partial charge in [0.15, 0.2) is 0 Å². The van der Waals surface area contributed by atoms with Gasteiger partial charge in [-0.25, -0.2) is 0 Å². The summed E-state index contributed by atoms with van der Waals surface area (Å²) >= 11 is 0. The average Bonchev–Trinajstić information content (AvgIpc) is 2.32. The molecule has 2 rings (SSSR count). The van der Waals surface area contributed by atoms with Gasteiger partial charge >= 0.3 is 5.97 Å². The molecular formula is C10H17NO2. The van der Waals surface area contributed by atoms with Gasteiger partial charge in [-0.1, -0.05) is 6.42 Å². The Morgan fingerprint density at radius 2 is 1.85 bits per heavy atom. The molecule has 0 heterocycles. The molecule has 3 heteroatoms. The van der Waals surface area contributed by atoms with Crippen LogP contribution in [0.3, 0.4) is 0 Å². The minimum Gasteiger partial charge on any atom is -0.461 e. The second-order valence-corrected chi connectivity index (χ2v) is 4.20. The summed E-state index contributed by atoms with van der Waals surface area (Å²) in [6.07, 6.45) is 6.28. The Hall–Kier alpha value is -0.570. The van der Waals surface area contributed by atoms with Crippen LogP contribution >= 0.6 is 0 Å². The summed E-state index contributed by atoms with van der Waals surface area (Å²) in [5, 5.41) is 0. The number of hydrogen-bond acceptors (Lipinski definition) is 3. The van der Waals surface area contributed by atoms with Gasteiger partial charge in [-0.15, -0.1) is 0 Å². The van der Waals surface area contributed by atoms with Gasteiger partial charge in [0.05, 0.1) is 5.92 Å². The van der Waals surface area contributed by atoms with Crippen LogP contribution in [0, 0.1) is 5.92 Å². The number of esters is 1. The molecule has 2 atom stereocenters. The quantitative estimate of drug-likeness (QED) is 0.655. The van der Waals surface area contributed by atoms with E-state index in [1.54, 1.807) is 0 Å². The second kappa shape index (κ2) is 3.66. The van der Waals surface area contributed by atoms with Gasteiger partial charge in [0.25, 0.3) is 0 Å². The Kier molecular flexibility index (Phi) is 2.54. The molecule has 2 fully saturated rings. The van der Waals surface area contributed by atoms with Gasteiger partial charge in [0, 0.05) is 6.04 Å². The Morgan fingerprint density at radius 3 is 2.31 bits per heavy atom. The molecule has 74 valence electrons. The van der Waals surface area contributed by atoms with Crippen LogP contribution in [0.5, 0.6) is 0 Å². The summed E-state index contributed by atoms with van der Waals surface area (Å²) < 4.78 is 5.36. The molecule has 0 aromatic carbocycles. The van der Waals surface area contributed by atoms with E-state index in [9.17, 15) is 4.79 Å². The number of carbonyl (C=O) groups is 1. The zero-order valence-electron chi connectivity index (χ0n) is 7.87. The SMILES string of the molecule is N[C@@H]1CCC[C@H]1OC(=O)C1CCC1. The highest BCUT2D eigenvalue weighted by molar-refractivity contribution is 5.73. The van der Waals surface area contributed by atoms with Crippen molar-refractivity contribution in [2.45, 2.75) is 50.7 Å². The van der Waals surface area contributed by atoms with E-state index >= 15 is 0 Å². The summed E-state index contributed by atoms with van der Waals surface area (Å²) in [6.45, 7) is 0. The van der Waals surface area contributed by atoms with Gasteiger partial charge in [-0.05, 0) is 32.1 Å². The minimum atomic E-state index is -0.00593. The summed E-state index contributed by atoms with van der Waals surface area (Å²) in [5.74, 6) is 0.182. The van der Waals surface area contributed by atoms with Gasteiger partial charge in [-0.3, -0.25) is 4.79 Å². The fraction of sp³-hybridized carbons (Fsp3) is 0.900. The lowest BCUT2D eigenvalue weighted by Gasteiger charge is -2.26. The van der Waals surface area contributed by atoms with E-state index in [1.807, 2.05) is 0 Å². The summed E-state index contributed by atoms with van der Waals surface area (Å²) in [7, 11) is 0. The van der Waals surface area contributed by atoms with Crippen molar-refractivity contribution < 1.29 is 9.53 Å². The maximum atomic E-state index is 11.4. The molecule has 0 saturated heterocycles. The first-order valence-corrected chi connectivity index (χ1v) is 5.23. The molecule has 2 aliphatic carbocycles. The molecule has 0 aliphatic heterocycles. The highest BCUT2D eigenvalue weighted by Gasteiger charge is 2.32. The smallest absolute Gasteiger partial charge is 0.309 e. The molecule has 0 amide bonds. The van der Waals surface area contributed by atoms with Crippen LogP contribution < -0.4 is 5.73 Å². The predicted octanol–water partition coefficient (Wildman–Crippen LogP) is 1.21. The number of hydrogen-bond donors (Lipinski definition) is 1. The lowest BCUT2D eigenvalue weighted by molar-refractivity contribution is -0.157. The summed E-state index contributed by atoms with van der Waals surface area (Å²) in [5.41, 5.74) is 5.81. The largest absolute Gasteiger partial charge is 0.461 e. The second-order valence-electron chi connectivity index (χ2n) is 4.20. The first-order chi connectivity index (χ1) is 6.27. The van der Waals surface area contributed by atoms with Crippen molar-refractivity contribution in [2.75, 3.05) is 0 Å². The van der Waals surface area contributed by atoms with Crippen LogP contribution in [0.1, 0.15) is 38.5 Å². The normalized spacial score (nSPS) is 34.2. The Labute approximate surface area is 78.6 Å². The third-order valence-corrected chi connectivity index (χ3v) is 3.21.